The molecule has 0 unspecified atom stereocenters. The quantitative estimate of drug-likeness (QED) is 0.571. The standard InChI is InChI=1S/C20H22ClNO2/c1-3-22-19-8-6-5-7-17(19)18(13-23-4-2)20(22)14-24-16-11-9-15(21)10-12-16/h5-12H,3-4,13-14H2,1-2H3. The van der Waals surface area contributed by atoms with Gasteiger partial charge in [0.2, 0.25) is 0 Å². The predicted molar refractivity (Wildman–Crippen MR) is 98.7 cm³/mol. The number of halogens is 1. The summed E-state index contributed by atoms with van der Waals surface area (Å²) in [5.74, 6) is 0.815. The third-order valence-electron chi connectivity index (χ3n) is 4.15. The molecule has 1 aromatic heterocycles. The molecule has 24 heavy (non-hydrogen) atoms. The molecule has 0 N–H and O–H groups in total. The Bertz CT molecular complexity index is 808. The van der Waals surface area contributed by atoms with Crippen LogP contribution < -0.4 is 4.74 Å². The van der Waals surface area contributed by atoms with Crippen molar-refractivity contribution in [1.82, 2.24) is 4.57 Å². The van der Waals surface area contributed by atoms with Crippen molar-refractivity contribution in [3.8, 4) is 5.75 Å². The average Bonchev–Trinajstić information content (AvgIpc) is 2.92. The Balaban J connectivity index is 1.96. The molecule has 3 nitrogen and oxygen atoms in total. The van der Waals surface area contributed by atoms with E-state index in [2.05, 4.69) is 35.8 Å². The van der Waals surface area contributed by atoms with Crippen LogP contribution in [-0.4, -0.2) is 11.2 Å². The number of rotatable bonds is 7. The number of nitrogens with zero attached hydrogens (tertiary/aromatic N) is 1. The second-order valence-electron chi connectivity index (χ2n) is 5.57. The molecule has 0 bridgehead atoms. The number of benzene rings is 2. The van der Waals surface area contributed by atoms with Gasteiger partial charge in [-0.15, -0.1) is 0 Å². The van der Waals surface area contributed by atoms with Crippen LogP contribution in [0.5, 0.6) is 5.75 Å². The van der Waals surface area contributed by atoms with Gasteiger partial charge in [-0.3, -0.25) is 0 Å². The minimum atomic E-state index is 0.507. The zero-order valence-corrected chi connectivity index (χ0v) is 14.8. The van der Waals surface area contributed by atoms with Gasteiger partial charge in [0.05, 0.1) is 12.3 Å². The third kappa shape index (κ3) is 3.42. The first-order valence-electron chi connectivity index (χ1n) is 8.29. The van der Waals surface area contributed by atoms with Crippen LogP contribution in [0.2, 0.25) is 5.02 Å². The van der Waals surface area contributed by atoms with Crippen LogP contribution >= 0.6 is 11.6 Å². The van der Waals surface area contributed by atoms with Gasteiger partial charge in [-0.2, -0.15) is 0 Å². The van der Waals surface area contributed by atoms with Crippen molar-refractivity contribution in [3.63, 3.8) is 0 Å². The average molecular weight is 344 g/mol. The normalized spacial score (nSPS) is 11.1. The van der Waals surface area contributed by atoms with E-state index in [0.717, 1.165) is 12.3 Å². The fourth-order valence-electron chi connectivity index (χ4n) is 3.00. The van der Waals surface area contributed by atoms with E-state index in [-0.39, 0.29) is 0 Å². The number of hydrogen-bond acceptors (Lipinski definition) is 2. The Labute approximate surface area is 147 Å². The number of ether oxygens (including phenoxy) is 2. The first kappa shape index (κ1) is 16.9. The summed E-state index contributed by atoms with van der Waals surface area (Å²) in [4.78, 5) is 0. The molecule has 0 fully saturated rings. The van der Waals surface area contributed by atoms with Gasteiger partial charge in [0.1, 0.15) is 12.4 Å². The summed E-state index contributed by atoms with van der Waals surface area (Å²) in [5, 5.41) is 1.95. The summed E-state index contributed by atoms with van der Waals surface area (Å²) in [7, 11) is 0. The van der Waals surface area contributed by atoms with Crippen molar-refractivity contribution in [1.29, 1.82) is 0 Å². The summed E-state index contributed by atoms with van der Waals surface area (Å²) < 4.78 is 14.0. The van der Waals surface area contributed by atoms with E-state index in [1.807, 2.05) is 31.2 Å². The number of para-hydroxylation sites is 1. The zero-order valence-electron chi connectivity index (χ0n) is 14.1. The molecule has 0 spiro atoms. The lowest BCUT2D eigenvalue weighted by Gasteiger charge is -2.12. The summed E-state index contributed by atoms with van der Waals surface area (Å²) in [6.45, 7) is 6.87. The summed E-state index contributed by atoms with van der Waals surface area (Å²) in [6, 6.07) is 15.9. The molecule has 2 aromatic carbocycles. The maximum absolute atomic E-state index is 6.00. The van der Waals surface area contributed by atoms with Gasteiger partial charge < -0.3 is 14.0 Å². The molecule has 0 saturated heterocycles. The van der Waals surface area contributed by atoms with E-state index in [4.69, 9.17) is 21.1 Å². The van der Waals surface area contributed by atoms with E-state index in [9.17, 15) is 0 Å². The minimum Gasteiger partial charge on any atom is -0.487 e. The molecule has 4 heteroatoms. The van der Waals surface area contributed by atoms with Gasteiger partial charge in [0, 0.05) is 34.6 Å². The molecule has 3 aromatic rings. The van der Waals surface area contributed by atoms with Gasteiger partial charge in [0.25, 0.3) is 0 Å². The highest BCUT2D eigenvalue weighted by Crippen LogP contribution is 2.28. The molecule has 126 valence electrons. The number of hydrogen-bond donors (Lipinski definition) is 0. The van der Waals surface area contributed by atoms with Crippen LogP contribution in [0.3, 0.4) is 0 Å². The molecule has 0 aliphatic heterocycles. The summed E-state index contributed by atoms with van der Waals surface area (Å²) in [6.07, 6.45) is 0. The van der Waals surface area contributed by atoms with Crippen LogP contribution in [0, 0.1) is 0 Å². The van der Waals surface area contributed by atoms with Crippen molar-refractivity contribution in [2.24, 2.45) is 0 Å². The molecule has 3 rings (SSSR count). The van der Waals surface area contributed by atoms with E-state index in [1.54, 1.807) is 0 Å². The lowest BCUT2D eigenvalue weighted by molar-refractivity contribution is 0.133. The maximum atomic E-state index is 6.00. The Morgan fingerprint density at radius 1 is 0.958 bits per heavy atom. The largest absolute Gasteiger partial charge is 0.487 e. The minimum absolute atomic E-state index is 0.507. The van der Waals surface area contributed by atoms with Gasteiger partial charge in [-0.05, 0) is 44.2 Å². The van der Waals surface area contributed by atoms with Crippen LogP contribution in [0.4, 0.5) is 0 Å². The van der Waals surface area contributed by atoms with Gasteiger partial charge in [0.15, 0.2) is 0 Å². The number of fused-ring (bicyclic) bond motifs is 1. The van der Waals surface area contributed by atoms with Crippen molar-refractivity contribution >= 4 is 22.5 Å². The monoisotopic (exact) mass is 343 g/mol. The van der Waals surface area contributed by atoms with Crippen LogP contribution in [-0.2, 0) is 24.5 Å². The van der Waals surface area contributed by atoms with Crippen molar-refractivity contribution in [2.75, 3.05) is 6.61 Å². The molecule has 0 saturated carbocycles. The third-order valence-corrected chi connectivity index (χ3v) is 4.40. The van der Waals surface area contributed by atoms with Crippen molar-refractivity contribution < 1.29 is 9.47 Å². The van der Waals surface area contributed by atoms with Gasteiger partial charge >= 0.3 is 0 Å². The van der Waals surface area contributed by atoms with Crippen LogP contribution in [0.25, 0.3) is 10.9 Å². The van der Waals surface area contributed by atoms with E-state index in [0.29, 0.717) is 24.8 Å². The smallest absolute Gasteiger partial charge is 0.129 e. The fraction of sp³-hybridized carbons (Fsp3) is 0.300. The number of aryl methyl sites for hydroxylation is 1. The SMILES string of the molecule is CCOCc1c(COc2ccc(Cl)cc2)n(CC)c2ccccc12. The molecule has 0 aliphatic carbocycles. The Morgan fingerprint density at radius 3 is 2.42 bits per heavy atom. The molecular weight excluding hydrogens is 322 g/mol. The Kier molecular flexibility index (Phi) is 5.44. The van der Waals surface area contributed by atoms with Crippen molar-refractivity contribution in [2.45, 2.75) is 33.6 Å². The summed E-state index contributed by atoms with van der Waals surface area (Å²) in [5.41, 5.74) is 3.61. The number of aromatic nitrogens is 1. The highest BCUT2D eigenvalue weighted by Gasteiger charge is 2.16. The first-order valence-corrected chi connectivity index (χ1v) is 8.67. The topological polar surface area (TPSA) is 23.4 Å². The molecule has 1 heterocycles. The molecule has 0 amide bonds. The first-order chi connectivity index (χ1) is 11.7. The Hall–Kier alpha value is -1.97. The molecule has 0 atom stereocenters. The Morgan fingerprint density at radius 2 is 1.71 bits per heavy atom. The van der Waals surface area contributed by atoms with Crippen molar-refractivity contribution in [3.05, 3.63) is 64.8 Å². The van der Waals surface area contributed by atoms with Gasteiger partial charge in [-0.1, -0.05) is 29.8 Å². The molecular formula is C20H22ClNO2. The van der Waals surface area contributed by atoms with E-state index in [1.165, 1.54) is 22.2 Å². The van der Waals surface area contributed by atoms with Crippen LogP contribution in [0.1, 0.15) is 25.1 Å². The van der Waals surface area contributed by atoms with E-state index < -0.39 is 0 Å². The second kappa shape index (κ2) is 7.73. The zero-order chi connectivity index (χ0) is 16.9. The fourth-order valence-corrected chi connectivity index (χ4v) is 3.13. The second-order valence-corrected chi connectivity index (χ2v) is 6.00. The lowest BCUT2D eigenvalue weighted by Crippen LogP contribution is -2.07. The predicted octanol–water partition coefficient (Wildman–Crippen LogP) is 5.43. The molecule has 0 aliphatic rings. The van der Waals surface area contributed by atoms with Gasteiger partial charge in [-0.25, -0.2) is 0 Å². The highest BCUT2D eigenvalue weighted by molar-refractivity contribution is 6.30. The maximum Gasteiger partial charge on any atom is 0.129 e. The van der Waals surface area contributed by atoms with E-state index >= 15 is 0 Å². The molecule has 0 radical (unpaired) electrons. The lowest BCUT2D eigenvalue weighted by atomic mass is 10.1. The summed E-state index contributed by atoms with van der Waals surface area (Å²) >= 11 is 5.94. The van der Waals surface area contributed by atoms with Crippen LogP contribution in [0.15, 0.2) is 48.5 Å². The highest BCUT2D eigenvalue weighted by atomic mass is 35.5.